The van der Waals surface area contributed by atoms with Crippen molar-refractivity contribution in [2.75, 3.05) is 12.4 Å². The van der Waals surface area contributed by atoms with Crippen molar-refractivity contribution in [3.8, 4) is 0 Å². The summed E-state index contributed by atoms with van der Waals surface area (Å²) in [6.07, 6.45) is 0.631. The molecule has 0 aliphatic carbocycles. The number of esters is 1. The first-order valence-corrected chi connectivity index (χ1v) is 7.60. The molecule has 0 fully saturated rings. The molecule has 1 amide bonds. The zero-order valence-electron chi connectivity index (χ0n) is 12.4. The molecule has 23 heavy (non-hydrogen) atoms. The Morgan fingerprint density at radius 1 is 1.39 bits per heavy atom. The maximum Gasteiger partial charge on any atom is 0.359 e. The Labute approximate surface area is 135 Å². The first kappa shape index (κ1) is 15.1. The Balaban J connectivity index is 1.91. The van der Waals surface area contributed by atoms with Crippen LogP contribution in [0, 0.1) is 0 Å². The van der Waals surface area contributed by atoms with Gasteiger partial charge in [-0.25, -0.2) is 4.79 Å². The standard InChI is InChI=1S/C14H13N5O3S/c1-3-9-12(23-19-17-9)13(20)15-7-4-5-10-8(6-7)11(18-16-10)14(21)22-2/h4-6H,3H2,1-2H3,(H,15,20)(H,16,18). The monoisotopic (exact) mass is 331 g/mol. The number of aromatic amines is 1. The number of nitrogens with one attached hydrogen (secondary N) is 2. The summed E-state index contributed by atoms with van der Waals surface area (Å²) in [6.45, 7) is 1.91. The van der Waals surface area contributed by atoms with Crippen molar-refractivity contribution in [1.29, 1.82) is 0 Å². The van der Waals surface area contributed by atoms with E-state index in [1.807, 2.05) is 6.92 Å². The van der Waals surface area contributed by atoms with Crippen molar-refractivity contribution in [3.63, 3.8) is 0 Å². The minimum absolute atomic E-state index is 0.173. The lowest BCUT2D eigenvalue weighted by atomic mass is 10.2. The first-order valence-electron chi connectivity index (χ1n) is 6.83. The van der Waals surface area contributed by atoms with E-state index in [-0.39, 0.29) is 11.6 Å². The highest BCUT2D eigenvalue weighted by Gasteiger charge is 2.17. The van der Waals surface area contributed by atoms with Crippen LogP contribution in [-0.2, 0) is 11.2 Å². The molecular formula is C14H13N5O3S. The number of carbonyl (C=O) groups is 2. The van der Waals surface area contributed by atoms with Gasteiger partial charge in [-0.2, -0.15) is 5.10 Å². The molecule has 0 saturated carbocycles. The topological polar surface area (TPSA) is 110 Å². The number of ether oxygens (including phenoxy) is 1. The van der Waals surface area contributed by atoms with Crippen LogP contribution in [0.3, 0.4) is 0 Å². The summed E-state index contributed by atoms with van der Waals surface area (Å²) in [5, 5.41) is 14.0. The number of aryl methyl sites for hydroxylation is 1. The van der Waals surface area contributed by atoms with E-state index in [1.165, 1.54) is 7.11 Å². The number of nitrogens with zero attached hydrogens (tertiary/aromatic N) is 3. The van der Waals surface area contributed by atoms with E-state index in [1.54, 1.807) is 18.2 Å². The summed E-state index contributed by atoms with van der Waals surface area (Å²) in [5.74, 6) is -0.820. The quantitative estimate of drug-likeness (QED) is 0.708. The molecule has 0 bridgehead atoms. The predicted octanol–water partition coefficient (Wildman–Crippen LogP) is 2.02. The molecule has 2 N–H and O–H groups in total. The third kappa shape index (κ3) is 2.78. The second-order valence-corrected chi connectivity index (χ2v) is 5.43. The van der Waals surface area contributed by atoms with Crippen LogP contribution in [0.5, 0.6) is 0 Å². The SMILES string of the molecule is CCc1nnsc1C(=O)Nc1ccc2[nH]nc(C(=O)OC)c2c1. The van der Waals surface area contributed by atoms with Crippen LogP contribution in [0.15, 0.2) is 18.2 Å². The van der Waals surface area contributed by atoms with Gasteiger partial charge in [0.15, 0.2) is 5.69 Å². The Kier molecular flexibility index (Phi) is 4.02. The molecule has 0 aliphatic heterocycles. The lowest BCUT2D eigenvalue weighted by Crippen LogP contribution is -2.12. The fourth-order valence-electron chi connectivity index (χ4n) is 2.14. The number of rotatable bonds is 4. The number of amides is 1. The molecular weight excluding hydrogens is 318 g/mol. The second-order valence-electron chi connectivity index (χ2n) is 4.68. The van der Waals surface area contributed by atoms with E-state index < -0.39 is 5.97 Å². The maximum atomic E-state index is 12.3. The van der Waals surface area contributed by atoms with Crippen molar-refractivity contribution in [2.24, 2.45) is 0 Å². The number of fused-ring (bicyclic) bond motifs is 1. The highest BCUT2D eigenvalue weighted by atomic mass is 32.1. The lowest BCUT2D eigenvalue weighted by molar-refractivity contribution is 0.0596. The molecule has 9 heteroatoms. The van der Waals surface area contributed by atoms with Gasteiger partial charge in [0.05, 0.1) is 18.3 Å². The molecule has 0 saturated heterocycles. The van der Waals surface area contributed by atoms with Crippen LogP contribution in [0.1, 0.15) is 32.8 Å². The van der Waals surface area contributed by atoms with Gasteiger partial charge in [0, 0.05) is 11.1 Å². The highest BCUT2D eigenvalue weighted by molar-refractivity contribution is 7.08. The number of hydrogen-bond donors (Lipinski definition) is 2. The smallest absolute Gasteiger partial charge is 0.359 e. The molecule has 0 spiro atoms. The number of hydrogen-bond acceptors (Lipinski definition) is 7. The normalized spacial score (nSPS) is 10.7. The molecule has 3 aromatic rings. The van der Waals surface area contributed by atoms with Crippen LogP contribution in [0.25, 0.3) is 10.9 Å². The van der Waals surface area contributed by atoms with E-state index in [0.29, 0.717) is 33.6 Å². The summed E-state index contributed by atoms with van der Waals surface area (Å²) < 4.78 is 8.49. The Morgan fingerprint density at radius 2 is 2.22 bits per heavy atom. The molecule has 0 atom stereocenters. The van der Waals surface area contributed by atoms with Crippen molar-refractivity contribution in [2.45, 2.75) is 13.3 Å². The largest absolute Gasteiger partial charge is 0.464 e. The summed E-state index contributed by atoms with van der Waals surface area (Å²) in [7, 11) is 1.29. The fourth-order valence-corrected chi connectivity index (χ4v) is 2.79. The zero-order valence-corrected chi connectivity index (χ0v) is 13.2. The van der Waals surface area contributed by atoms with Crippen LogP contribution < -0.4 is 5.32 Å². The van der Waals surface area contributed by atoms with Gasteiger partial charge in [-0.3, -0.25) is 9.89 Å². The van der Waals surface area contributed by atoms with Crippen molar-refractivity contribution in [3.05, 3.63) is 34.5 Å². The molecule has 0 radical (unpaired) electrons. The number of H-pyrrole nitrogens is 1. The van der Waals surface area contributed by atoms with E-state index in [4.69, 9.17) is 0 Å². The second kappa shape index (κ2) is 6.13. The van der Waals surface area contributed by atoms with Gasteiger partial charge >= 0.3 is 5.97 Å². The summed E-state index contributed by atoms with van der Waals surface area (Å²) in [5.41, 5.74) is 2.06. The number of methoxy groups -OCH3 is 1. The summed E-state index contributed by atoms with van der Waals surface area (Å²) in [6, 6.07) is 5.12. The fraction of sp³-hybridized carbons (Fsp3) is 0.214. The zero-order chi connectivity index (χ0) is 16.4. The first-order chi connectivity index (χ1) is 11.1. The van der Waals surface area contributed by atoms with Gasteiger partial charge in [0.25, 0.3) is 5.91 Å². The number of aromatic nitrogens is 4. The molecule has 118 valence electrons. The molecule has 0 unspecified atom stereocenters. The number of anilines is 1. The minimum atomic E-state index is -0.542. The maximum absolute atomic E-state index is 12.3. The van der Waals surface area contributed by atoms with Crippen LogP contribution in [0.2, 0.25) is 0 Å². The van der Waals surface area contributed by atoms with Crippen LogP contribution in [-0.4, -0.2) is 38.8 Å². The average Bonchev–Trinajstić information content (AvgIpc) is 3.20. The Hall–Kier alpha value is -2.81. The number of benzene rings is 1. The Bertz CT molecular complexity index is 886. The van der Waals surface area contributed by atoms with Crippen LogP contribution >= 0.6 is 11.5 Å². The van der Waals surface area contributed by atoms with Gasteiger partial charge < -0.3 is 10.1 Å². The van der Waals surface area contributed by atoms with Gasteiger partial charge in [-0.15, -0.1) is 5.10 Å². The molecule has 1 aromatic carbocycles. The van der Waals surface area contributed by atoms with Crippen LogP contribution in [0.4, 0.5) is 5.69 Å². The van der Waals surface area contributed by atoms with E-state index >= 15 is 0 Å². The molecule has 2 heterocycles. The van der Waals surface area contributed by atoms with E-state index in [2.05, 4.69) is 29.8 Å². The Morgan fingerprint density at radius 3 is 2.96 bits per heavy atom. The van der Waals surface area contributed by atoms with Gasteiger partial charge in [-0.05, 0) is 36.2 Å². The molecule has 0 aliphatic rings. The van der Waals surface area contributed by atoms with Crippen molar-refractivity contribution < 1.29 is 14.3 Å². The van der Waals surface area contributed by atoms with Gasteiger partial charge in [-0.1, -0.05) is 11.4 Å². The van der Waals surface area contributed by atoms with Crippen molar-refractivity contribution in [1.82, 2.24) is 19.8 Å². The molecule has 8 nitrogen and oxygen atoms in total. The van der Waals surface area contributed by atoms with Gasteiger partial charge in [0.2, 0.25) is 0 Å². The molecule has 2 aromatic heterocycles. The predicted molar refractivity (Wildman–Crippen MR) is 84.7 cm³/mol. The average molecular weight is 331 g/mol. The van der Waals surface area contributed by atoms with Gasteiger partial charge in [0.1, 0.15) is 4.88 Å². The number of carbonyl (C=O) groups excluding carboxylic acids is 2. The van der Waals surface area contributed by atoms with E-state index in [9.17, 15) is 9.59 Å². The minimum Gasteiger partial charge on any atom is -0.464 e. The third-order valence-corrected chi connectivity index (χ3v) is 4.06. The lowest BCUT2D eigenvalue weighted by Gasteiger charge is -2.04. The van der Waals surface area contributed by atoms with E-state index in [0.717, 1.165) is 11.5 Å². The van der Waals surface area contributed by atoms with Crippen molar-refractivity contribution >= 4 is 40.0 Å². The molecule has 3 rings (SSSR count). The summed E-state index contributed by atoms with van der Waals surface area (Å²) >= 11 is 1.05. The third-order valence-electron chi connectivity index (χ3n) is 3.30. The summed E-state index contributed by atoms with van der Waals surface area (Å²) in [4.78, 5) is 24.5. The highest BCUT2D eigenvalue weighted by Crippen LogP contribution is 2.22.